The van der Waals surface area contributed by atoms with Crippen molar-refractivity contribution in [2.75, 3.05) is 0 Å². The molecule has 3 heteroatoms. The SMILES string of the molecule is c1ccc(-c2ccc(-n3c4ccccc4c4cc(-c5ccc6c7cccnc7n(-c7cccc(-c8ccccc8)c7)c6c5)ccc43)cc2)cc1. The number of pyridine rings is 1. The van der Waals surface area contributed by atoms with Gasteiger partial charge in [0.15, 0.2) is 0 Å². The molecule has 0 aliphatic heterocycles. The summed E-state index contributed by atoms with van der Waals surface area (Å²) in [5, 5.41) is 4.83. The van der Waals surface area contributed by atoms with E-state index in [1.165, 1.54) is 60.6 Å². The van der Waals surface area contributed by atoms with Gasteiger partial charge in [0.05, 0.1) is 16.6 Å². The number of benzene rings is 7. The summed E-state index contributed by atoms with van der Waals surface area (Å²) in [5.41, 5.74) is 13.9. The molecule has 0 amide bonds. The molecule has 7 aromatic carbocycles. The predicted octanol–water partition coefficient (Wildman–Crippen LogP) is 12.3. The van der Waals surface area contributed by atoms with E-state index < -0.39 is 0 Å². The Morgan fingerprint density at radius 3 is 1.70 bits per heavy atom. The van der Waals surface area contributed by atoms with Crippen molar-refractivity contribution in [3.63, 3.8) is 0 Å². The summed E-state index contributed by atoms with van der Waals surface area (Å²) in [6, 6.07) is 65.4. The monoisotopic (exact) mass is 637 g/mol. The molecule has 0 radical (unpaired) electrons. The van der Waals surface area contributed by atoms with Crippen LogP contribution in [-0.2, 0) is 0 Å². The minimum atomic E-state index is 0.960. The summed E-state index contributed by atoms with van der Waals surface area (Å²) in [6.07, 6.45) is 1.89. The number of hydrogen-bond acceptors (Lipinski definition) is 1. The average Bonchev–Trinajstić information content (AvgIpc) is 3.71. The highest BCUT2D eigenvalue weighted by atomic mass is 15.0. The van der Waals surface area contributed by atoms with Crippen LogP contribution in [0.15, 0.2) is 188 Å². The molecule has 10 aromatic rings. The van der Waals surface area contributed by atoms with Crippen molar-refractivity contribution < 1.29 is 0 Å². The molecule has 3 nitrogen and oxygen atoms in total. The van der Waals surface area contributed by atoms with Crippen LogP contribution in [0.5, 0.6) is 0 Å². The Bertz CT molecular complexity index is 2840. The van der Waals surface area contributed by atoms with E-state index in [1.807, 2.05) is 12.3 Å². The molecule has 0 unspecified atom stereocenters. The van der Waals surface area contributed by atoms with E-state index in [0.717, 1.165) is 27.9 Å². The number of para-hydroxylation sites is 1. The summed E-state index contributed by atoms with van der Waals surface area (Å²) in [7, 11) is 0. The van der Waals surface area contributed by atoms with Gasteiger partial charge in [0, 0.05) is 39.1 Å². The minimum absolute atomic E-state index is 0.960. The lowest BCUT2D eigenvalue weighted by molar-refractivity contribution is 1.14. The van der Waals surface area contributed by atoms with Gasteiger partial charge in [0.25, 0.3) is 0 Å². The fourth-order valence-electron chi connectivity index (χ4n) is 7.60. The van der Waals surface area contributed by atoms with Gasteiger partial charge in [-0.25, -0.2) is 4.98 Å². The molecule has 0 atom stereocenters. The first kappa shape index (κ1) is 28.3. The molecule has 50 heavy (non-hydrogen) atoms. The lowest BCUT2D eigenvalue weighted by Gasteiger charge is -2.11. The van der Waals surface area contributed by atoms with Crippen molar-refractivity contribution in [3.8, 4) is 44.8 Å². The molecule has 3 aromatic heterocycles. The minimum Gasteiger partial charge on any atom is -0.309 e. The van der Waals surface area contributed by atoms with Crippen LogP contribution < -0.4 is 0 Å². The van der Waals surface area contributed by atoms with E-state index in [9.17, 15) is 0 Å². The molecular formula is C47H31N3. The number of rotatable bonds is 5. The van der Waals surface area contributed by atoms with Gasteiger partial charge in [-0.1, -0.05) is 121 Å². The Morgan fingerprint density at radius 2 is 0.880 bits per heavy atom. The van der Waals surface area contributed by atoms with Gasteiger partial charge in [-0.3, -0.25) is 4.57 Å². The van der Waals surface area contributed by atoms with Gasteiger partial charge in [-0.05, 0) is 94.0 Å². The van der Waals surface area contributed by atoms with E-state index in [0.29, 0.717) is 0 Å². The summed E-state index contributed by atoms with van der Waals surface area (Å²) in [4.78, 5) is 4.89. The van der Waals surface area contributed by atoms with Crippen LogP contribution in [0.3, 0.4) is 0 Å². The zero-order chi connectivity index (χ0) is 33.0. The Hall–Kier alpha value is -6.71. The quantitative estimate of drug-likeness (QED) is 0.184. The Morgan fingerprint density at radius 1 is 0.300 bits per heavy atom. The second kappa shape index (κ2) is 11.5. The Labute approximate surface area is 290 Å². The van der Waals surface area contributed by atoms with Crippen LogP contribution >= 0.6 is 0 Å². The van der Waals surface area contributed by atoms with Gasteiger partial charge >= 0.3 is 0 Å². The lowest BCUT2D eigenvalue weighted by Crippen LogP contribution is -1.96. The molecule has 0 aliphatic carbocycles. The molecule has 0 aliphatic rings. The third-order valence-corrected chi connectivity index (χ3v) is 9.98. The first-order chi connectivity index (χ1) is 24.8. The van der Waals surface area contributed by atoms with E-state index in [4.69, 9.17) is 4.98 Å². The Balaban J connectivity index is 1.12. The molecule has 3 heterocycles. The van der Waals surface area contributed by atoms with E-state index >= 15 is 0 Å². The third-order valence-electron chi connectivity index (χ3n) is 9.98. The molecule has 0 saturated carbocycles. The molecular weight excluding hydrogens is 607 g/mol. The molecule has 0 N–H and O–H groups in total. The standard InChI is InChI=1S/C47H31N3/c1-3-11-32(12-4-1)34-20-24-38(25-21-34)49-44-19-8-7-17-40(44)43-30-36(23-27-45(43)49)37-22-26-41-42-18-10-28-48-47(42)50(46(41)31-37)39-16-9-15-35(29-39)33-13-5-2-6-14-33/h1-31H. The van der Waals surface area contributed by atoms with Gasteiger partial charge < -0.3 is 4.57 Å². The van der Waals surface area contributed by atoms with Gasteiger partial charge in [0.1, 0.15) is 5.65 Å². The second-order valence-electron chi connectivity index (χ2n) is 12.9. The highest BCUT2D eigenvalue weighted by Crippen LogP contribution is 2.38. The summed E-state index contributed by atoms with van der Waals surface area (Å²) in [6.45, 7) is 0. The first-order valence-electron chi connectivity index (χ1n) is 17.0. The topological polar surface area (TPSA) is 22.8 Å². The van der Waals surface area contributed by atoms with Crippen LogP contribution in [0, 0.1) is 0 Å². The fourth-order valence-corrected chi connectivity index (χ4v) is 7.60. The van der Waals surface area contributed by atoms with Crippen LogP contribution in [-0.4, -0.2) is 14.1 Å². The van der Waals surface area contributed by atoms with Crippen molar-refractivity contribution in [1.29, 1.82) is 0 Å². The zero-order valence-electron chi connectivity index (χ0n) is 27.2. The first-order valence-corrected chi connectivity index (χ1v) is 17.0. The molecule has 10 rings (SSSR count). The van der Waals surface area contributed by atoms with Gasteiger partial charge in [-0.15, -0.1) is 0 Å². The number of fused-ring (bicyclic) bond motifs is 6. The maximum Gasteiger partial charge on any atom is 0.145 e. The van der Waals surface area contributed by atoms with Crippen LogP contribution in [0.1, 0.15) is 0 Å². The van der Waals surface area contributed by atoms with E-state index in [-0.39, 0.29) is 0 Å². The van der Waals surface area contributed by atoms with Crippen LogP contribution in [0.2, 0.25) is 0 Å². The number of aromatic nitrogens is 3. The highest BCUT2D eigenvalue weighted by molar-refractivity contribution is 6.12. The van der Waals surface area contributed by atoms with Gasteiger partial charge in [0.2, 0.25) is 0 Å². The molecule has 0 saturated heterocycles. The summed E-state index contributed by atoms with van der Waals surface area (Å²) in [5.74, 6) is 0. The molecule has 234 valence electrons. The molecule has 0 fully saturated rings. The lowest BCUT2D eigenvalue weighted by atomic mass is 10.0. The molecule has 0 bridgehead atoms. The highest BCUT2D eigenvalue weighted by Gasteiger charge is 2.17. The van der Waals surface area contributed by atoms with E-state index in [1.54, 1.807) is 0 Å². The van der Waals surface area contributed by atoms with Crippen LogP contribution in [0.25, 0.3) is 88.5 Å². The summed E-state index contributed by atoms with van der Waals surface area (Å²) < 4.78 is 4.69. The summed E-state index contributed by atoms with van der Waals surface area (Å²) >= 11 is 0. The van der Waals surface area contributed by atoms with Crippen molar-refractivity contribution in [1.82, 2.24) is 14.1 Å². The van der Waals surface area contributed by atoms with Gasteiger partial charge in [-0.2, -0.15) is 0 Å². The normalized spacial score (nSPS) is 11.6. The fraction of sp³-hybridized carbons (Fsp3) is 0. The maximum atomic E-state index is 4.89. The second-order valence-corrected chi connectivity index (χ2v) is 12.9. The van der Waals surface area contributed by atoms with Crippen molar-refractivity contribution in [2.24, 2.45) is 0 Å². The Kier molecular flexibility index (Phi) is 6.49. The van der Waals surface area contributed by atoms with Crippen LogP contribution in [0.4, 0.5) is 0 Å². The predicted molar refractivity (Wildman–Crippen MR) is 209 cm³/mol. The molecule has 0 spiro atoms. The van der Waals surface area contributed by atoms with E-state index in [2.05, 4.69) is 185 Å². The van der Waals surface area contributed by atoms with Crippen molar-refractivity contribution >= 4 is 43.7 Å². The smallest absolute Gasteiger partial charge is 0.145 e. The zero-order valence-corrected chi connectivity index (χ0v) is 27.2. The maximum absolute atomic E-state index is 4.89. The van der Waals surface area contributed by atoms with Crippen molar-refractivity contribution in [2.45, 2.75) is 0 Å². The van der Waals surface area contributed by atoms with Crippen molar-refractivity contribution in [3.05, 3.63) is 188 Å². The average molecular weight is 638 g/mol. The number of hydrogen-bond donors (Lipinski definition) is 0. The third kappa shape index (κ3) is 4.56. The largest absolute Gasteiger partial charge is 0.309 e. The number of nitrogens with zero attached hydrogens (tertiary/aromatic N) is 3.